The number of nitriles is 2. The van der Waals surface area contributed by atoms with Crippen molar-refractivity contribution in [3.63, 3.8) is 0 Å². The molecule has 0 unspecified atom stereocenters. The molecule has 3 aliphatic rings. The molecule has 0 amide bonds. The first-order valence-electron chi connectivity index (χ1n) is 14.7. The summed E-state index contributed by atoms with van der Waals surface area (Å²) < 4.78 is 17.1. The number of hydrogen-bond donors (Lipinski definition) is 0. The third kappa shape index (κ3) is 4.58. The monoisotopic (exact) mass is 606 g/mol. The average molecular weight is 607 g/mol. The molecular formula is C34H34N6O3S. The zero-order valence-corrected chi connectivity index (χ0v) is 25.9. The van der Waals surface area contributed by atoms with Gasteiger partial charge in [-0.2, -0.15) is 10.5 Å². The molecule has 3 aliphatic heterocycles. The van der Waals surface area contributed by atoms with Gasteiger partial charge in [-0.05, 0) is 68.4 Å². The normalized spacial score (nSPS) is 24.0. The van der Waals surface area contributed by atoms with Crippen molar-refractivity contribution in [1.82, 2.24) is 4.90 Å². The molecule has 0 radical (unpaired) electrons. The lowest BCUT2D eigenvalue weighted by molar-refractivity contribution is 0.202. The molecule has 224 valence electrons. The molecule has 0 saturated carbocycles. The highest BCUT2D eigenvalue weighted by molar-refractivity contribution is 7.80. The Morgan fingerprint density at radius 2 is 1.41 bits per heavy atom. The molecule has 3 aromatic carbocycles. The molecule has 0 aliphatic carbocycles. The number of methoxy groups -OCH3 is 1. The number of aliphatic imine (C=N–C) groups is 1. The van der Waals surface area contributed by atoms with E-state index in [1.54, 1.807) is 7.11 Å². The maximum atomic E-state index is 11.2. The fourth-order valence-electron chi connectivity index (χ4n) is 6.87. The summed E-state index contributed by atoms with van der Waals surface area (Å²) in [6.07, 6.45) is 0. The first-order valence-corrected chi connectivity index (χ1v) is 15.1. The van der Waals surface area contributed by atoms with Crippen LogP contribution in [0, 0.1) is 33.5 Å². The van der Waals surface area contributed by atoms with Crippen molar-refractivity contribution < 1.29 is 14.2 Å². The third-order valence-electron chi connectivity index (χ3n) is 8.73. The van der Waals surface area contributed by atoms with Gasteiger partial charge in [-0.3, -0.25) is 0 Å². The summed E-state index contributed by atoms with van der Waals surface area (Å²) in [6.45, 7) is 6.39. The van der Waals surface area contributed by atoms with E-state index in [0.717, 1.165) is 28.4 Å². The summed E-state index contributed by atoms with van der Waals surface area (Å²) in [5, 5.41) is 22.4. The summed E-state index contributed by atoms with van der Waals surface area (Å²) in [7, 11) is 1.61. The van der Waals surface area contributed by atoms with Crippen LogP contribution in [0.2, 0.25) is 0 Å². The van der Waals surface area contributed by atoms with E-state index in [4.69, 9.17) is 31.4 Å². The van der Waals surface area contributed by atoms with Gasteiger partial charge in [0, 0.05) is 35.9 Å². The molecule has 0 N–H and O–H groups in total. The molecule has 0 aromatic heterocycles. The Morgan fingerprint density at radius 1 is 0.841 bits per heavy atom. The number of amidine groups is 1. The number of anilines is 2. The van der Waals surface area contributed by atoms with E-state index in [2.05, 4.69) is 21.9 Å². The summed E-state index contributed by atoms with van der Waals surface area (Å²) in [4.78, 5) is 11.6. The second-order valence-corrected chi connectivity index (χ2v) is 11.5. The summed E-state index contributed by atoms with van der Waals surface area (Å²) in [5.41, 5.74) is 0.174. The number of ether oxygens (including phenoxy) is 3. The molecular weight excluding hydrogens is 572 g/mol. The molecule has 10 heteroatoms. The van der Waals surface area contributed by atoms with Crippen LogP contribution in [0.4, 0.5) is 11.4 Å². The Balaban J connectivity index is 1.49. The summed E-state index contributed by atoms with van der Waals surface area (Å²) in [6, 6.07) is 28.6. The fourth-order valence-corrected chi connectivity index (χ4v) is 7.25. The molecule has 3 atom stereocenters. The minimum Gasteiger partial charge on any atom is -0.496 e. The van der Waals surface area contributed by atoms with Crippen molar-refractivity contribution in [3.05, 3.63) is 78.4 Å². The zero-order chi connectivity index (χ0) is 30.9. The molecule has 2 saturated heterocycles. The second kappa shape index (κ2) is 11.7. The van der Waals surface area contributed by atoms with Crippen LogP contribution >= 0.6 is 12.2 Å². The van der Waals surface area contributed by atoms with Crippen molar-refractivity contribution in [3.8, 4) is 29.4 Å². The predicted octanol–water partition coefficient (Wildman–Crippen LogP) is 5.59. The highest BCUT2D eigenvalue weighted by atomic mass is 32.1. The van der Waals surface area contributed by atoms with Gasteiger partial charge >= 0.3 is 0 Å². The third-order valence-corrected chi connectivity index (χ3v) is 9.31. The van der Waals surface area contributed by atoms with Gasteiger partial charge in [0.1, 0.15) is 45.6 Å². The van der Waals surface area contributed by atoms with Crippen LogP contribution in [0.3, 0.4) is 0 Å². The van der Waals surface area contributed by atoms with Gasteiger partial charge in [-0.25, -0.2) is 4.99 Å². The van der Waals surface area contributed by atoms with Crippen LogP contribution in [0.15, 0.2) is 77.8 Å². The Bertz CT molecular complexity index is 1660. The Morgan fingerprint density at radius 3 is 1.98 bits per heavy atom. The molecule has 2 fully saturated rings. The molecule has 3 aromatic rings. The minimum atomic E-state index is -1.24. The van der Waals surface area contributed by atoms with E-state index >= 15 is 0 Å². The first-order chi connectivity index (χ1) is 21.4. The number of fused-ring (bicyclic) bond motifs is 4. The van der Waals surface area contributed by atoms with Gasteiger partial charge in [0.05, 0.1) is 39.1 Å². The van der Waals surface area contributed by atoms with Crippen LogP contribution < -0.4 is 24.0 Å². The minimum absolute atomic E-state index is 0.301. The number of thiocarbonyl (C=S) groups is 1. The first kappa shape index (κ1) is 29.3. The Kier molecular flexibility index (Phi) is 7.79. The highest BCUT2D eigenvalue weighted by Crippen LogP contribution is 2.60. The highest BCUT2D eigenvalue weighted by Gasteiger charge is 2.68. The quantitative estimate of drug-likeness (QED) is 0.304. The van der Waals surface area contributed by atoms with Crippen molar-refractivity contribution in [2.45, 2.75) is 19.8 Å². The van der Waals surface area contributed by atoms with Crippen molar-refractivity contribution >= 4 is 34.4 Å². The molecule has 2 bridgehead atoms. The van der Waals surface area contributed by atoms with Gasteiger partial charge in [-0.15, -0.1) is 0 Å². The lowest BCUT2D eigenvalue weighted by Crippen LogP contribution is -2.73. The van der Waals surface area contributed by atoms with Crippen molar-refractivity contribution in [2.24, 2.45) is 15.8 Å². The number of para-hydroxylation sites is 1. The molecule has 0 spiro atoms. The van der Waals surface area contributed by atoms with Gasteiger partial charge < -0.3 is 28.9 Å². The lowest BCUT2D eigenvalue weighted by atomic mass is 9.53. The average Bonchev–Trinajstić information content (AvgIpc) is 3.07. The van der Waals surface area contributed by atoms with Gasteiger partial charge in [-0.1, -0.05) is 30.4 Å². The Hall–Kier alpha value is -4.80. The fraction of sp³-hybridized carbons (Fsp3) is 0.353. The van der Waals surface area contributed by atoms with E-state index in [-0.39, 0.29) is 0 Å². The van der Waals surface area contributed by atoms with Crippen LogP contribution in [-0.4, -0.2) is 62.5 Å². The lowest BCUT2D eigenvalue weighted by Gasteiger charge is -2.61. The SMILES string of the molecule is CCOc1ccc(N2CN=C3N(C2)C(=S)[C@@]2(C#N)CN(c4ccc(OCC)cc4)C[C@@]3(C#N)[C@H]2c2ccccc2OC)cc1. The second-order valence-electron chi connectivity index (χ2n) is 11.1. The van der Waals surface area contributed by atoms with E-state index in [9.17, 15) is 10.5 Å². The number of hydrogen-bond acceptors (Lipinski definition) is 9. The number of piperidine rings is 2. The number of benzene rings is 3. The standard InChI is InChI=1S/C34H34N6O3S/c1-4-42-26-14-10-24(11-15-26)38-20-33(18-35)30(28-8-6-7-9-29(28)41-3)34(19-36,21-38)32(44)40-23-39(22-37-31(33)40)25-12-16-27(17-13-25)43-5-2/h6-17,30H,4-5,20-23H2,1-3H3/t30-,33+,34+/m1/s1. The van der Waals surface area contributed by atoms with Gasteiger partial charge in [0.25, 0.3) is 0 Å². The van der Waals surface area contributed by atoms with Crippen molar-refractivity contribution in [2.75, 3.05) is 56.6 Å². The maximum Gasteiger partial charge on any atom is 0.141 e. The predicted molar refractivity (Wildman–Crippen MR) is 173 cm³/mol. The van der Waals surface area contributed by atoms with Gasteiger partial charge in [0.15, 0.2) is 0 Å². The molecule has 6 rings (SSSR count). The summed E-state index contributed by atoms with van der Waals surface area (Å²) >= 11 is 6.27. The largest absolute Gasteiger partial charge is 0.496 e. The number of nitrogens with zero attached hydrogens (tertiary/aromatic N) is 6. The Labute approximate surface area is 263 Å². The molecule has 3 heterocycles. The topological polar surface area (TPSA) is 97.4 Å². The van der Waals surface area contributed by atoms with E-state index in [1.807, 2.05) is 91.5 Å². The van der Waals surface area contributed by atoms with Crippen LogP contribution in [0.25, 0.3) is 0 Å². The van der Waals surface area contributed by atoms with Crippen LogP contribution in [0.5, 0.6) is 17.2 Å². The van der Waals surface area contributed by atoms with E-state index in [0.29, 0.717) is 56.2 Å². The molecule has 9 nitrogen and oxygen atoms in total. The van der Waals surface area contributed by atoms with E-state index < -0.39 is 16.7 Å². The van der Waals surface area contributed by atoms with Crippen LogP contribution in [0.1, 0.15) is 25.3 Å². The number of rotatable bonds is 8. The smallest absolute Gasteiger partial charge is 0.141 e. The summed E-state index contributed by atoms with van der Waals surface area (Å²) in [5.74, 6) is 2.17. The van der Waals surface area contributed by atoms with Gasteiger partial charge in [0.2, 0.25) is 0 Å². The van der Waals surface area contributed by atoms with Crippen LogP contribution in [-0.2, 0) is 0 Å². The maximum absolute atomic E-state index is 11.2. The molecule has 44 heavy (non-hydrogen) atoms. The van der Waals surface area contributed by atoms with Crippen molar-refractivity contribution in [1.29, 1.82) is 10.5 Å². The zero-order valence-electron chi connectivity index (χ0n) is 25.1. The van der Waals surface area contributed by atoms with E-state index in [1.165, 1.54) is 0 Å².